The van der Waals surface area contributed by atoms with Gasteiger partial charge in [0, 0.05) is 6.20 Å². The number of carbonyl (C=O) groups is 3. The van der Waals surface area contributed by atoms with Gasteiger partial charge in [0.25, 0.3) is 6.43 Å². The molecule has 3 N–H and O–H groups in total. The molecule has 2 aliphatic heterocycles. The van der Waals surface area contributed by atoms with Gasteiger partial charge in [-0.25, -0.2) is 13.3 Å². The Morgan fingerprint density at radius 1 is 1.19 bits per heavy atom. The van der Waals surface area contributed by atoms with E-state index < -0.39 is 86.1 Å². The molecule has 12 nitrogen and oxygen atoms in total. The number of aliphatic hydroxyl groups is 2. The van der Waals surface area contributed by atoms with Gasteiger partial charge >= 0.3 is 13.7 Å². The second kappa shape index (κ2) is 12.9. The molecule has 0 aromatic heterocycles. The summed E-state index contributed by atoms with van der Waals surface area (Å²) < 4.78 is 64.7. The van der Waals surface area contributed by atoms with Crippen molar-refractivity contribution in [1.29, 1.82) is 0 Å². The summed E-state index contributed by atoms with van der Waals surface area (Å²) in [7, 11) is -4.75. The zero-order valence-corrected chi connectivity index (χ0v) is 24.8. The number of hydrogen-bond donors (Lipinski definition) is 3. The summed E-state index contributed by atoms with van der Waals surface area (Å²) in [5, 5.41) is 24.8. The number of esters is 1. The van der Waals surface area contributed by atoms with Crippen LogP contribution in [0.25, 0.3) is 10.8 Å². The van der Waals surface area contributed by atoms with Crippen LogP contribution in [0.2, 0.25) is 0 Å². The molecule has 2 aliphatic rings. The molecule has 0 aliphatic carbocycles. The van der Waals surface area contributed by atoms with Gasteiger partial charge in [0.05, 0.1) is 19.1 Å². The van der Waals surface area contributed by atoms with E-state index in [2.05, 4.69) is 5.09 Å². The van der Waals surface area contributed by atoms with Crippen LogP contribution in [-0.2, 0) is 32.9 Å². The van der Waals surface area contributed by atoms with E-state index in [1.54, 1.807) is 38.1 Å². The zero-order valence-electron chi connectivity index (χ0n) is 23.2. The number of ether oxygens (including phenoxy) is 2. The SMILES string of the molecule is CC(C)OC(=O)[C@H](C)NP(=O)(OC[C@@]1(C(F)F)O[C@@H](N2C=C(Cl)C(=O)CC2=O)[C@H](O)[C@H]1O)Oc1ccc2ccccc2c1. The molecule has 0 radical (unpaired) electrons. The molecule has 234 valence electrons. The highest BCUT2D eigenvalue weighted by Crippen LogP contribution is 2.49. The number of rotatable bonds is 11. The fourth-order valence-electron chi connectivity index (χ4n) is 4.45. The van der Waals surface area contributed by atoms with Crippen molar-refractivity contribution < 1.29 is 56.5 Å². The predicted molar refractivity (Wildman–Crippen MR) is 148 cm³/mol. The third-order valence-corrected chi connectivity index (χ3v) is 8.61. The van der Waals surface area contributed by atoms with E-state index in [4.69, 9.17) is 30.1 Å². The summed E-state index contributed by atoms with van der Waals surface area (Å²) >= 11 is 5.81. The highest BCUT2D eigenvalue weighted by Gasteiger charge is 2.63. The normalized spacial score (nSPS) is 26.5. The maximum Gasteiger partial charge on any atom is 0.459 e. The van der Waals surface area contributed by atoms with Crippen molar-refractivity contribution in [1.82, 2.24) is 9.99 Å². The van der Waals surface area contributed by atoms with Crippen LogP contribution in [0.5, 0.6) is 5.75 Å². The van der Waals surface area contributed by atoms with Crippen molar-refractivity contribution in [3.05, 3.63) is 53.7 Å². The summed E-state index contributed by atoms with van der Waals surface area (Å²) in [5.74, 6) is -2.53. The molecule has 1 saturated heterocycles. The molecule has 16 heteroatoms. The largest absolute Gasteiger partial charge is 0.462 e. The van der Waals surface area contributed by atoms with E-state index in [9.17, 15) is 37.9 Å². The third kappa shape index (κ3) is 7.07. The van der Waals surface area contributed by atoms with E-state index in [0.29, 0.717) is 10.3 Å². The number of halogens is 3. The Hall–Kier alpha value is -2.97. The second-order valence-corrected chi connectivity index (χ2v) is 12.4. The number of ketones is 1. The number of alkyl halides is 2. The molecule has 43 heavy (non-hydrogen) atoms. The minimum atomic E-state index is -4.75. The summed E-state index contributed by atoms with van der Waals surface area (Å²) in [6.45, 7) is 3.12. The molecule has 0 spiro atoms. The van der Waals surface area contributed by atoms with Crippen molar-refractivity contribution in [3.8, 4) is 5.75 Å². The van der Waals surface area contributed by atoms with Gasteiger partial charge in [-0.05, 0) is 43.7 Å². The van der Waals surface area contributed by atoms with Gasteiger partial charge in [0.1, 0.15) is 29.0 Å². The van der Waals surface area contributed by atoms with Crippen LogP contribution in [-0.4, -0.2) is 82.0 Å². The van der Waals surface area contributed by atoms with Crippen LogP contribution >= 0.6 is 19.3 Å². The van der Waals surface area contributed by atoms with Crippen LogP contribution in [0.15, 0.2) is 53.7 Å². The monoisotopic (exact) mass is 646 g/mol. The lowest BCUT2D eigenvalue weighted by molar-refractivity contribution is -0.200. The first-order valence-corrected chi connectivity index (χ1v) is 15.0. The number of amides is 1. The first-order chi connectivity index (χ1) is 20.2. The zero-order chi connectivity index (χ0) is 31.7. The van der Waals surface area contributed by atoms with Gasteiger partial charge in [0.2, 0.25) is 5.91 Å². The fraction of sp³-hybridized carbons (Fsp3) is 0.444. The van der Waals surface area contributed by atoms with E-state index in [1.165, 1.54) is 19.1 Å². The van der Waals surface area contributed by atoms with Crippen molar-refractivity contribution >= 4 is 47.8 Å². The molecule has 2 heterocycles. The maximum atomic E-state index is 14.6. The fourth-order valence-corrected chi connectivity index (χ4v) is 6.15. The number of benzene rings is 2. The van der Waals surface area contributed by atoms with Gasteiger partial charge in [-0.15, -0.1) is 0 Å². The number of nitrogens with zero attached hydrogens (tertiary/aromatic N) is 1. The summed E-state index contributed by atoms with van der Waals surface area (Å²) in [4.78, 5) is 37.3. The molecule has 1 amide bonds. The van der Waals surface area contributed by atoms with Crippen LogP contribution < -0.4 is 9.61 Å². The van der Waals surface area contributed by atoms with Gasteiger partial charge in [-0.2, -0.15) is 5.09 Å². The molecule has 1 fully saturated rings. The lowest BCUT2D eigenvalue weighted by Gasteiger charge is -2.34. The molecular formula is C27H30ClF2N2O10P. The molecule has 2 aromatic carbocycles. The Morgan fingerprint density at radius 2 is 1.86 bits per heavy atom. The van der Waals surface area contributed by atoms with Gasteiger partial charge in [0.15, 0.2) is 17.6 Å². The highest BCUT2D eigenvalue weighted by atomic mass is 35.5. The standard InChI is InChI=1S/C27H30ClF2N2O10P/c1-14(2)40-25(37)15(3)31-43(38,42-18-9-8-16-6-4-5-7-17(16)10-18)39-13-27(26(29)30)23(36)22(35)24(41-27)32-12-19(28)20(33)11-21(32)34/h4-10,12,14-15,22-24,26,35-36H,11,13H2,1-3H3,(H,31,38)/t15-,22+,23+,24+,27+,43?/m0/s1. The van der Waals surface area contributed by atoms with Crippen molar-refractivity contribution in [2.45, 2.75) is 69.8 Å². The Labute approximate surface area is 250 Å². The molecule has 1 unspecified atom stereocenters. The Kier molecular flexibility index (Phi) is 9.92. The number of allylic oxidation sites excluding steroid dienone is 1. The van der Waals surface area contributed by atoms with E-state index in [0.717, 1.165) is 11.6 Å². The minimum Gasteiger partial charge on any atom is -0.462 e. The van der Waals surface area contributed by atoms with Crippen LogP contribution in [0, 0.1) is 0 Å². The predicted octanol–water partition coefficient (Wildman–Crippen LogP) is 3.24. The van der Waals surface area contributed by atoms with Gasteiger partial charge < -0.3 is 24.2 Å². The Morgan fingerprint density at radius 3 is 2.51 bits per heavy atom. The maximum absolute atomic E-state index is 14.6. The smallest absolute Gasteiger partial charge is 0.459 e. The van der Waals surface area contributed by atoms with Crippen molar-refractivity contribution in [2.75, 3.05) is 6.61 Å². The Bertz CT molecular complexity index is 1480. The van der Waals surface area contributed by atoms with E-state index in [1.807, 2.05) is 6.07 Å². The van der Waals surface area contributed by atoms with Gasteiger partial charge in [-0.3, -0.25) is 23.8 Å². The number of carbonyl (C=O) groups excluding carboxylic acids is 3. The number of hydrogen-bond acceptors (Lipinski definition) is 10. The number of Topliss-reactive ketones (excluding diaryl/α,β-unsaturated/α-hetero) is 1. The quantitative estimate of drug-likeness (QED) is 0.187. The van der Waals surface area contributed by atoms with Crippen LogP contribution in [0.4, 0.5) is 8.78 Å². The lowest BCUT2D eigenvalue weighted by Crippen LogP contribution is -2.53. The van der Waals surface area contributed by atoms with Crippen LogP contribution in [0.3, 0.4) is 0 Å². The first kappa shape index (κ1) is 32.9. The molecule has 6 atom stereocenters. The van der Waals surface area contributed by atoms with Crippen molar-refractivity contribution in [2.24, 2.45) is 0 Å². The summed E-state index contributed by atoms with van der Waals surface area (Å²) in [5.41, 5.74) is -3.04. The number of fused-ring (bicyclic) bond motifs is 1. The molecule has 0 bridgehead atoms. The Balaban J connectivity index is 1.63. The molecular weight excluding hydrogens is 617 g/mol. The van der Waals surface area contributed by atoms with E-state index >= 15 is 0 Å². The average molecular weight is 647 g/mol. The average Bonchev–Trinajstić information content (AvgIpc) is 3.19. The first-order valence-electron chi connectivity index (χ1n) is 13.1. The molecule has 4 rings (SSSR count). The van der Waals surface area contributed by atoms with E-state index in [-0.39, 0.29) is 5.75 Å². The summed E-state index contributed by atoms with van der Waals surface area (Å²) in [6.07, 6.45) is -10.4. The van der Waals surface area contributed by atoms with Gasteiger partial charge in [-0.1, -0.05) is 41.9 Å². The van der Waals surface area contributed by atoms with Crippen LogP contribution in [0.1, 0.15) is 27.2 Å². The minimum absolute atomic E-state index is 0.0146. The second-order valence-electron chi connectivity index (χ2n) is 10.3. The molecule has 2 aromatic rings. The van der Waals surface area contributed by atoms with Crippen molar-refractivity contribution in [3.63, 3.8) is 0 Å². The summed E-state index contributed by atoms with van der Waals surface area (Å²) in [6, 6.07) is 10.4. The molecule has 0 saturated carbocycles. The third-order valence-electron chi connectivity index (χ3n) is 6.68. The number of aliphatic hydroxyl groups excluding tert-OH is 2. The highest BCUT2D eigenvalue weighted by molar-refractivity contribution is 7.52. The topological polar surface area (TPSA) is 161 Å². The lowest BCUT2D eigenvalue weighted by atomic mass is 9.96. The number of nitrogens with one attached hydrogen (secondary N) is 1.